The van der Waals surface area contributed by atoms with Crippen LogP contribution in [0.2, 0.25) is 5.02 Å². The van der Waals surface area contributed by atoms with Crippen molar-refractivity contribution >= 4 is 57.9 Å². The molecular formula is C20H16ClN3O7S. The first-order valence-electron chi connectivity index (χ1n) is 9.15. The van der Waals surface area contributed by atoms with Crippen LogP contribution in [0.3, 0.4) is 0 Å². The van der Waals surface area contributed by atoms with Crippen LogP contribution in [0.25, 0.3) is 6.08 Å². The van der Waals surface area contributed by atoms with Gasteiger partial charge >= 0.3 is 0 Å². The number of aromatic hydroxyl groups is 1. The molecule has 0 aromatic heterocycles. The number of anilines is 1. The Morgan fingerprint density at radius 3 is 2.72 bits per heavy atom. The average molecular weight is 478 g/mol. The van der Waals surface area contributed by atoms with E-state index in [0.29, 0.717) is 22.5 Å². The van der Waals surface area contributed by atoms with Crippen molar-refractivity contribution in [3.8, 4) is 11.5 Å². The van der Waals surface area contributed by atoms with Crippen LogP contribution in [0.4, 0.5) is 16.2 Å². The van der Waals surface area contributed by atoms with Gasteiger partial charge in [0.25, 0.3) is 16.8 Å². The van der Waals surface area contributed by atoms with Gasteiger partial charge in [0.05, 0.1) is 33.2 Å². The van der Waals surface area contributed by atoms with Gasteiger partial charge in [-0.05, 0) is 36.9 Å². The van der Waals surface area contributed by atoms with E-state index in [4.69, 9.17) is 16.3 Å². The summed E-state index contributed by atoms with van der Waals surface area (Å²) in [6, 6.07) is 8.58. The lowest BCUT2D eigenvalue weighted by atomic mass is 10.1. The molecule has 0 aliphatic carbocycles. The smallest absolute Gasteiger partial charge is 0.294 e. The number of rotatable bonds is 7. The fraction of sp³-hybridized carbons (Fsp3) is 0.150. The van der Waals surface area contributed by atoms with Crippen molar-refractivity contribution in [1.29, 1.82) is 0 Å². The molecule has 0 bridgehead atoms. The molecule has 2 aromatic carbocycles. The van der Waals surface area contributed by atoms with Gasteiger partial charge in [-0.3, -0.25) is 29.4 Å². The van der Waals surface area contributed by atoms with Crippen LogP contribution in [-0.4, -0.2) is 45.1 Å². The highest BCUT2D eigenvalue weighted by atomic mass is 35.5. The minimum Gasteiger partial charge on any atom is -0.504 e. The second-order valence-electron chi connectivity index (χ2n) is 6.37. The number of ether oxygens (including phenoxy) is 1. The molecule has 1 heterocycles. The molecule has 1 fully saturated rings. The van der Waals surface area contributed by atoms with Gasteiger partial charge in [0.15, 0.2) is 11.5 Å². The van der Waals surface area contributed by atoms with Crippen LogP contribution in [-0.2, 0) is 9.59 Å². The zero-order valence-electron chi connectivity index (χ0n) is 16.5. The van der Waals surface area contributed by atoms with E-state index in [0.717, 1.165) is 23.1 Å². The van der Waals surface area contributed by atoms with E-state index in [9.17, 15) is 29.6 Å². The van der Waals surface area contributed by atoms with Gasteiger partial charge in [-0.2, -0.15) is 0 Å². The zero-order chi connectivity index (χ0) is 23.4. The highest BCUT2D eigenvalue weighted by molar-refractivity contribution is 8.18. The van der Waals surface area contributed by atoms with Crippen molar-refractivity contribution in [2.24, 2.45) is 0 Å². The molecule has 32 heavy (non-hydrogen) atoms. The Morgan fingerprint density at radius 2 is 2.06 bits per heavy atom. The van der Waals surface area contributed by atoms with Crippen LogP contribution in [0.15, 0.2) is 41.3 Å². The Bertz CT molecular complexity index is 1150. The van der Waals surface area contributed by atoms with Crippen molar-refractivity contribution in [3.05, 3.63) is 62.0 Å². The number of imide groups is 1. The van der Waals surface area contributed by atoms with E-state index in [1.165, 1.54) is 0 Å². The van der Waals surface area contributed by atoms with Gasteiger partial charge in [-0.25, -0.2) is 0 Å². The average Bonchev–Trinajstić information content (AvgIpc) is 2.99. The molecule has 1 aliphatic heterocycles. The number of nitrogens with zero attached hydrogens (tertiary/aromatic N) is 2. The number of carbonyl (C=O) groups excluding carboxylic acids is 3. The summed E-state index contributed by atoms with van der Waals surface area (Å²) < 4.78 is 5.20. The number of hydrogen-bond donors (Lipinski definition) is 2. The van der Waals surface area contributed by atoms with Crippen molar-refractivity contribution < 1.29 is 29.2 Å². The normalized spacial score (nSPS) is 14.7. The van der Waals surface area contributed by atoms with Crippen molar-refractivity contribution in [2.75, 3.05) is 18.5 Å². The first-order valence-corrected chi connectivity index (χ1v) is 10.3. The molecule has 3 rings (SSSR count). The summed E-state index contributed by atoms with van der Waals surface area (Å²) in [5.74, 6) is -1.97. The summed E-state index contributed by atoms with van der Waals surface area (Å²) in [4.78, 5) is 48.4. The summed E-state index contributed by atoms with van der Waals surface area (Å²) in [5, 5.41) is 23.6. The van der Waals surface area contributed by atoms with Crippen molar-refractivity contribution in [2.45, 2.75) is 6.92 Å². The van der Waals surface area contributed by atoms with Crippen molar-refractivity contribution in [3.63, 3.8) is 0 Å². The van der Waals surface area contributed by atoms with Gasteiger partial charge in [0, 0.05) is 11.6 Å². The summed E-state index contributed by atoms with van der Waals surface area (Å²) in [5.41, 5.74) is -0.115. The molecule has 12 heteroatoms. The molecule has 3 amide bonds. The van der Waals surface area contributed by atoms with Gasteiger partial charge in [-0.1, -0.05) is 23.7 Å². The Labute approximate surface area is 190 Å². The fourth-order valence-electron chi connectivity index (χ4n) is 2.77. The second kappa shape index (κ2) is 9.71. The lowest BCUT2D eigenvalue weighted by Gasteiger charge is -2.13. The van der Waals surface area contributed by atoms with E-state index in [2.05, 4.69) is 5.32 Å². The predicted molar refractivity (Wildman–Crippen MR) is 119 cm³/mol. The molecule has 0 saturated carbocycles. The number of phenols is 1. The molecule has 1 saturated heterocycles. The maximum absolute atomic E-state index is 12.7. The number of nitro groups is 1. The topological polar surface area (TPSA) is 139 Å². The van der Waals surface area contributed by atoms with Gasteiger partial charge in [0.1, 0.15) is 6.54 Å². The molecule has 2 N–H and O–H groups in total. The molecular weight excluding hydrogens is 462 g/mol. The number of hydrogen-bond acceptors (Lipinski definition) is 8. The van der Waals surface area contributed by atoms with Crippen LogP contribution in [0.1, 0.15) is 12.5 Å². The zero-order valence-corrected chi connectivity index (χ0v) is 18.1. The third-order valence-corrected chi connectivity index (χ3v) is 5.45. The number of phenolic OH excluding ortho intramolecular Hbond substituents is 1. The lowest BCUT2D eigenvalue weighted by Crippen LogP contribution is -2.36. The SMILES string of the molecule is CCOc1cc([N+](=O)[O-])cc(/C=C2/SC(=O)N(CC(=O)Nc3ccccc3Cl)C2=O)c1O. The first kappa shape index (κ1) is 23.1. The monoisotopic (exact) mass is 477 g/mol. The highest BCUT2D eigenvalue weighted by Gasteiger charge is 2.36. The summed E-state index contributed by atoms with van der Waals surface area (Å²) >= 11 is 6.52. The van der Waals surface area contributed by atoms with E-state index >= 15 is 0 Å². The standard InChI is InChI=1S/C20H16ClN3O7S/c1-2-31-15-9-12(24(29)30)7-11(18(15)26)8-16-19(27)23(20(28)32-16)10-17(25)22-14-6-4-3-5-13(14)21/h3-9,26H,2,10H2,1H3,(H,22,25)/b16-8+. The van der Waals surface area contributed by atoms with Crippen molar-refractivity contribution in [1.82, 2.24) is 4.90 Å². The Hall–Kier alpha value is -3.57. The highest BCUT2D eigenvalue weighted by Crippen LogP contribution is 2.39. The van der Waals surface area contributed by atoms with Crippen LogP contribution in [0, 0.1) is 10.1 Å². The number of thioether (sulfide) groups is 1. The van der Waals surface area contributed by atoms with Crippen LogP contribution >= 0.6 is 23.4 Å². The largest absolute Gasteiger partial charge is 0.504 e. The fourth-order valence-corrected chi connectivity index (χ4v) is 3.78. The Morgan fingerprint density at radius 1 is 1.34 bits per heavy atom. The minimum atomic E-state index is -0.779. The summed E-state index contributed by atoms with van der Waals surface area (Å²) in [7, 11) is 0. The van der Waals surface area contributed by atoms with Gasteiger partial charge < -0.3 is 15.2 Å². The third-order valence-electron chi connectivity index (χ3n) is 4.21. The molecule has 1 aliphatic rings. The number of nitro benzene ring substituents is 1. The maximum atomic E-state index is 12.7. The van der Waals surface area contributed by atoms with Crippen LogP contribution < -0.4 is 10.1 Å². The molecule has 2 aromatic rings. The quantitative estimate of drug-likeness (QED) is 0.346. The third kappa shape index (κ3) is 5.01. The number of carbonyl (C=O) groups is 3. The number of para-hydroxylation sites is 1. The molecule has 0 atom stereocenters. The Balaban J connectivity index is 1.83. The Kier molecular flexibility index (Phi) is 7.01. The van der Waals surface area contributed by atoms with E-state index in [1.54, 1.807) is 31.2 Å². The summed E-state index contributed by atoms with van der Waals surface area (Å²) in [6.07, 6.45) is 1.14. The lowest BCUT2D eigenvalue weighted by molar-refractivity contribution is -0.385. The number of halogens is 1. The van der Waals surface area contributed by atoms with E-state index in [1.807, 2.05) is 0 Å². The number of non-ortho nitro benzene ring substituents is 1. The minimum absolute atomic E-state index is 0.0753. The van der Waals surface area contributed by atoms with Gasteiger partial charge in [0.2, 0.25) is 5.91 Å². The molecule has 10 nitrogen and oxygen atoms in total. The van der Waals surface area contributed by atoms with E-state index < -0.39 is 34.3 Å². The molecule has 0 unspecified atom stereocenters. The maximum Gasteiger partial charge on any atom is 0.294 e. The number of amides is 3. The van der Waals surface area contributed by atoms with Crippen LogP contribution in [0.5, 0.6) is 11.5 Å². The molecule has 0 radical (unpaired) electrons. The van der Waals surface area contributed by atoms with Gasteiger partial charge in [-0.15, -0.1) is 0 Å². The first-order chi connectivity index (χ1) is 15.2. The second-order valence-corrected chi connectivity index (χ2v) is 7.77. The predicted octanol–water partition coefficient (Wildman–Crippen LogP) is 4.03. The molecule has 0 spiro atoms. The number of benzene rings is 2. The summed E-state index contributed by atoms with van der Waals surface area (Å²) in [6.45, 7) is 1.22. The number of nitrogens with one attached hydrogen (secondary N) is 1. The van der Waals surface area contributed by atoms with E-state index in [-0.39, 0.29) is 28.5 Å². The molecule has 166 valence electrons.